The smallest absolute Gasteiger partial charge is 0.0669 e. The van der Waals surface area contributed by atoms with Gasteiger partial charge in [0.1, 0.15) is 0 Å². The second-order valence-corrected chi connectivity index (χ2v) is 4.52. The lowest BCUT2D eigenvalue weighted by molar-refractivity contribution is 1.27. The Morgan fingerprint density at radius 2 is 1.42 bits per heavy atom. The number of rotatable bonds is 2. The molecule has 0 N–H and O–H groups in total. The first-order valence-electron chi connectivity index (χ1n) is 6.33. The SMILES string of the molecule is N#CCc1ccccc1-c1cccc2ccccc12. The molecule has 0 spiro atoms. The van der Waals surface area contributed by atoms with Crippen molar-refractivity contribution in [1.29, 1.82) is 5.26 Å². The predicted octanol–water partition coefficient (Wildman–Crippen LogP) is 4.57. The molecule has 0 saturated heterocycles. The Balaban J connectivity index is 2.28. The first-order valence-corrected chi connectivity index (χ1v) is 6.33. The van der Waals surface area contributed by atoms with Crippen molar-refractivity contribution in [2.24, 2.45) is 0 Å². The molecule has 1 nitrogen and oxygen atoms in total. The van der Waals surface area contributed by atoms with Gasteiger partial charge >= 0.3 is 0 Å². The minimum Gasteiger partial charge on any atom is -0.198 e. The van der Waals surface area contributed by atoms with Crippen molar-refractivity contribution < 1.29 is 0 Å². The molecule has 0 aliphatic rings. The summed E-state index contributed by atoms with van der Waals surface area (Å²) in [6, 6.07) is 25.0. The van der Waals surface area contributed by atoms with Crippen LogP contribution in [0.25, 0.3) is 21.9 Å². The van der Waals surface area contributed by atoms with E-state index in [2.05, 4.69) is 48.5 Å². The average molecular weight is 243 g/mol. The molecule has 0 aliphatic carbocycles. The summed E-state index contributed by atoms with van der Waals surface area (Å²) in [6.07, 6.45) is 0.444. The van der Waals surface area contributed by atoms with Crippen LogP contribution in [0.1, 0.15) is 5.56 Å². The number of nitrogens with zero attached hydrogens (tertiary/aromatic N) is 1. The fourth-order valence-corrected chi connectivity index (χ4v) is 2.48. The van der Waals surface area contributed by atoms with Gasteiger partial charge in [-0.2, -0.15) is 5.26 Å². The molecule has 3 rings (SSSR count). The highest BCUT2D eigenvalue weighted by atomic mass is 14.2. The van der Waals surface area contributed by atoms with Gasteiger partial charge in [-0.15, -0.1) is 0 Å². The molecule has 0 saturated carbocycles. The molecule has 0 unspecified atom stereocenters. The summed E-state index contributed by atoms with van der Waals surface area (Å²) in [6.45, 7) is 0. The van der Waals surface area contributed by atoms with Crippen molar-refractivity contribution in [3.63, 3.8) is 0 Å². The van der Waals surface area contributed by atoms with E-state index in [0.717, 1.165) is 11.1 Å². The fraction of sp³-hybridized carbons (Fsp3) is 0.0556. The Hall–Kier alpha value is -2.59. The first-order chi connectivity index (χ1) is 9.40. The number of hydrogen-bond donors (Lipinski definition) is 0. The second-order valence-electron chi connectivity index (χ2n) is 4.52. The van der Waals surface area contributed by atoms with E-state index >= 15 is 0 Å². The summed E-state index contributed by atoms with van der Waals surface area (Å²) in [4.78, 5) is 0. The maximum atomic E-state index is 8.95. The Labute approximate surface area is 112 Å². The molecule has 0 aliphatic heterocycles. The fourth-order valence-electron chi connectivity index (χ4n) is 2.48. The van der Waals surface area contributed by atoms with Gasteiger partial charge in [0.05, 0.1) is 12.5 Å². The van der Waals surface area contributed by atoms with Gasteiger partial charge in [0.2, 0.25) is 0 Å². The van der Waals surface area contributed by atoms with E-state index in [-0.39, 0.29) is 0 Å². The van der Waals surface area contributed by atoms with Gasteiger partial charge in [-0.1, -0.05) is 66.7 Å². The molecule has 0 fully saturated rings. The van der Waals surface area contributed by atoms with Crippen LogP contribution < -0.4 is 0 Å². The Morgan fingerprint density at radius 1 is 0.737 bits per heavy atom. The van der Waals surface area contributed by atoms with E-state index in [1.807, 2.05) is 24.3 Å². The van der Waals surface area contributed by atoms with Crippen LogP contribution in [-0.4, -0.2) is 0 Å². The van der Waals surface area contributed by atoms with Crippen molar-refractivity contribution >= 4 is 10.8 Å². The number of benzene rings is 3. The summed E-state index contributed by atoms with van der Waals surface area (Å²) >= 11 is 0. The molecule has 0 aromatic heterocycles. The van der Waals surface area contributed by atoms with E-state index in [9.17, 15) is 0 Å². The number of hydrogen-bond acceptors (Lipinski definition) is 1. The van der Waals surface area contributed by atoms with E-state index in [0.29, 0.717) is 6.42 Å². The van der Waals surface area contributed by atoms with Crippen LogP contribution in [0.2, 0.25) is 0 Å². The maximum absolute atomic E-state index is 8.95. The van der Waals surface area contributed by atoms with Crippen LogP contribution in [0.4, 0.5) is 0 Å². The Kier molecular flexibility index (Phi) is 3.00. The molecule has 90 valence electrons. The van der Waals surface area contributed by atoms with E-state index in [1.165, 1.54) is 16.3 Å². The second kappa shape index (κ2) is 4.96. The molecule has 0 heterocycles. The average Bonchev–Trinajstić information content (AvgIpc) is 2.48. The summed E-state index contributed by atoms with van der Waals surface area (Å²) in [5, 5.41) is 11.4. The molecule has 3 aromatic rings. The van der Waals surface area contributed by atoms with Crippen molar-refractivity contribution in [2.45, 2.75) is 6.42 Å². The number of fused-ring (bicyclic) bond motifs is 1. The molecule has 19 heavy (non-hydrogen) atoms. The lowest BCUT2D eigenvalue weighted by Gasteiger charge is -2.10. The predicted molar refractivity (Wildman–Crippen MR) is 78.7 cm³/mol. The molecule has 3 aromatic carbocycles. The topological polar surface area (TPSA) is 23.8 Å². The molecule has 0 amide bonds. The molecule has 0 radical (unpaired) electrons. The van der Waals surface area contributed by atoms with Gasteiger partial charge < -0.3 is 0 Å². The van der Waals surface area contributed by atoms with Crippen LogP contribution >= 0.6 is 0 Å². The quantitative estimate of drug-likeness (QED) is 0.646. The lowest BCUT2D eigenvalue weighted by Crippen LogP contribution is -1.89. The number of nitriles is 1. The van der Waals surface area contributed by atoms with E-state index < -0.39 is 0 Å². The first kappa shape index (κ1) is 11.5. The van der Waals surface area contributed by atoms with Crippen LogP contribution in [0, 0.1) is 11.3 Å². The molecule has 0 atom stereocenters. The third kappa shape index (κ3) is 2.09. The van der Waals surface area contributed by atoms with Crippen LogP contribution in [0.5, 0.6) is 0 Å². The van der Waals surface area contributed by atoms with Crippen molar-refractivity contribution in [3.8, 4) is 17.2 Å². The van der Waals surface area contributed by atoms with Crippen LogP contribution in [-0.2, 0) is 6.42 Å². The highest BCUT2D eigenvalue weighted by Gasteiger charge is 2.07. The van der Waals surface area contributed by atoms with Gasteiger partial charge in [0, 0.05) is 0 Å². The third-order valence-electron chi connectivity index (χ3n) is 3.37. The normalized spacial score (nSPS) is 10.3. The summed E-state index contributed by atoms with van der Waals surface area (Å²) in [5.41, 5.74) is 3.44. The van der Waals surface area contributed by atoms with Crippen molar-refractivity contribution in [2.75, 3.05) is 0 Å². The van der Waals surface area contributed by atoms with Crippen LogP contribution in [0.3, 0.4) is 0 Å². The van der Waals surface area contributed by atoms with Gasteiger partial charge in [-0.05, 0) is 27.5 Å². The van der Waals surface area contributed by atoms with E-state index in [1.54, 1.807) is 0 Å². The zero-order chi connectivity index (χ0) is 13.1. The summed E-state index contributed by atoms with van der Waals surface area (Å²) < 4.78 is 0. The van der Waals surface area contributed by atoms with Gasteiger partial charge in [0.25, 0.3) is 0 Å². The van der Waals surface area contributed by atoms with Crippen molar-refractivity contribution in [1.82, 2.24) is 0 Å². The molecular formula is C18H13N. The molecule has 0 bridgehead atoms. The summed E-state index contributed by atoms with van der Waals surface area (Å²) in [5.74, 6) is 0. The third-order valence-corrected chi connectivity index (χ3v) is 3.37. The Morgan fingerprint density at radius 3 is 2.32 bits per heavy atom. The van der Waals surface area contributed by atoms with Gasteiger partial charge in [0.15, 0.2) is 0 Å². The monoisotopic (exact) mass is 243 g/mol. The van der Waals surface area contributed by atoms with E-state index in [4.69, 9.17) is 5.26 Å². The largest absolute Gasteiger partial charge is 0.198 e. The summed E-state index contributed by atoms with van der Waals surface area (Å²) in [7, 11) is 0. The molecular weight excluding hydrogens is 230 g/mol. The van der Waals surface area contributed by atoms with Crippen molar-refractivity contribution in [3.05, 3.63) is 72.3 Å². The standard InChI is InChI=1S/C18H13N/c19-13-12-15-7-2-4-10-17(15)18-11-5-8-14-6-1-3-9-16(14)18/h1-11H,12H2. The zero-order valence-electron chi connectivity index (χ0n) is 10.5. The van der Waals surface area contributed by atoms with Crippen LogP contribution in [0.15, 0.2) is 66.7 Å². The highest BCUT2D eigenvalue weighted by Crippen LogP contribution is 2.31. The minimum atomic E-state index is 0.444. The zero-order valence-corrected chi connectivity index (χ0v) is 10.5. The van der Waals surface area contributed by atoms with Gasteiger partial charge in [-0.3, -0.25) is 0 Å². The minimum absolute atomic E-state index is 0.444. The lowest BCUT2D eigenvalue weighted by atomic mass is 9.94. The molecule has 1 heteroatoms. The maximum Gasteiger partial charge on any atom is 0.0669 e. The Bertz CT molecular complexity index is 760. The highest BCUT2D eigenvalue weighted by molar-refractivity contribution is 5.97. The van der Waals surface area contributed by atoms with Gasteiger partial charge in [-0.25, -0.2) is 0 Å².